The minimum absolute atomic E-state index is 0.608. The third kappa shape index (κ3) is 3.74. The Hall–Kier alpha value is -0.500. The van der Waals surface area contributed by atoms with Crippen molar-refractivity contribution in [1.29, 1.82) is 0 Å². The molecule has 100 valence electrons. The topological polar surface area (TPSA) is 9.23 Å². The van der Waals surface area contributed by atoms with Gasteiger partial charge in [0, 0.05) is 4.83 Å². The van der Waals surface area contributed by atoms with Gasteiger partial charge in [0.25, 0.3) is 0 Å². The van der Waals surface area contributed by atoms with Crippen LogP contribution >= 0.6 is 15.9 Å². The Bertz CT molecular complexity index is 369. The summed E-state index contributed by atoms with van der Waals surface area (Å²) in [4.78, 5) is 0.608. The summed E-state index contributed by atoms with van der Waals surface area (Å²) >= 11 is 3.90. The lowest BCUT2D eigenvalue weighted by Gasteiger charge is -2.29. The molecule has 2 heteroatoms. The van der Waals surface area contributed by atoms with Gasteiger partial charge in [0.05, 0.1) is 7.11 Å². The second-order valence-corrected chi connectivity index (χ2v) is 6.77. The molecule has 1 aromatic carbocycles. The molecule has 18 heavy (non-hydrogen) atoms. The number of alkyl halides is 1. The van der Waals surface area contributed by atoms with Crippen molar-refractivity contribution in [3.63, 3.8) is 0 Å². The minimum Gasteiger partial charge on any atom is -0.497 e. The van der Waals surface area contributed by atoms with Crippen LogP contribution < -0.4 is 4.74 Å². The van der Waals surface area contributed by atoms with Gasteiger partial charge in [-0.15, -0.1) is 0 Å². The molecule has 0 bridgehead atoms. The van der Waals surface area contributed by atoms with E-state index in [0.717, 1.165) is 24.0 Å². The van der Waals surface area contributed by atoms with Crippen molar-refractivity contribution in [2.24, 2.45) is 11.8 Å². The summed E-state index contributed by atoms with van der Waals surface area (Å²) in [6.07, 6.45) is 6.65. The number of methoxy groups -OCH3 is 1. The minimum atomic E-state index is 0.608. The molecule has 0 spiro atoms. The predicted octanol–water partition coefficient (Wildman–Crippen LogP) is 4.83. The quantitative estimate of drug-likeness (QED) is 0.724. The first-order valence-electron chi connectivity index (χ1n) is 6.96. The SMILES string of the molecule is COc1cccc(CC(Br)C2CCC(C)CC2)c1. The highest BCUT2D eigenvalue weighted by Crippen LogP contribution is 2.34. The fraction of sp³-hybridized carbons (Fsp3) is 0.625. The van der Waals surface area contributed by atoms with Gasteiger partial charge in [-0.25, -0.2) is 0 Å². The number of benzene rings is 1. The number of hydrogen-bond acceptors (Lipinski definition) is 1. The summed E-state index contributed by atoms with van der Waals surface area (Å²) in [6, 6.07) is 8.44. The maximum Gasteiger partial charge on any atom is 0.119 e. The average Bonchev–Trinajstić information content (AvgIpc) is 2.39. The van der Waals surface area contributed by atoms with Crippen LogP contribution in [0, 0.1) is 11.8 Å². The number of halogens is 1. The molecule has 0 saturated heterocycles. The zero-order valence-corrected chi connectivity index (χ0v) is 12.9. The molecule has 1 unspecified atom stereocenters. The largest absolute Gasteiger partial charge is 0.497 e. The second-order valence-electron chi connectivity index (χ2n) is 5.59. The van der Waals surface area contributed by atoms with Crippen molar-refractivity contribution in [2.75, 3.05) is 7.11 Å². The second kappa shape index (κ2) is 6.60. The standard InChI is InChI=1S/C16H23BrO/c1-12-6-8-14(9-7-12)16(17)11-13-4-3-5-15(10-13)18-2/h3-5,10,12,14,16H,6-9,11H2,1-2H3. The normalized spacial score (nSPS) is 25.7. The van der Waals surface area contributed by atoms with Gasteiger partial charge in [-0.05, 0) is 48.8 Å². The van der Waals surface area contributed by atoms with Gasteiger partial charge in [0.1, 0.15) is 5.75 Å². The maximum absolute atomic E-state index is 5.28. The van der Waals surface area contributed by atoms with Crippen molar-refractivity contribution in [1.82, 2.24) is 0 Å². The first-order chi connectivity index (χ1) is 8.69. The Morgan fingerprint density at radius 2 is 2.00 bits per heavy atom. The summed E-state index contributed by atoms with van der Waals surface area (Å²) in [7, 11) is 1.73. The Kier molecular flexibility index (Phi) is 5.11. The van der Waals surface area contributed by atoms with E-state index in [9.17, 15) is 0 Å². The molecule has 1 nitrogen and oxygen atoms in total. The zero-order chi connectivity index (χ0) is 13.0. The Morgan fingerprint density at radius 3 is 2.67 bits per heavy atom. The molecule has 0 radical (unpaired) electrons. The lowest BCUT2D eigenvalue weighted by atomic mass is 9.80. The van der Waals surface area contributed by atoms with E-state index >= 15 is 0 Å². The van der Waals surface area contributed by atoms with E-state index in [1.807, 2.05) is 6.07 Å². The van der Waals surface area contributed by atoms with Gasteiger partial charge in [0.15, 0.2) is 0 Å². The van der Waals surface area contributed by atoms with E-state index in [-0.39, 0.29) is 0 Å². The van der Waals surface area contributed by atoms with Crippen molar-refractivity contribution in [3.05, 3.63) is 29.8 Å². The molecule has 1 saturated carbocycles. The van der Waals surface area contributed by atoms with Crippen molar-refractivity contribution in [3.8, 4) is 5.75 Å². The molecule has 1 aromatic rings. The van der Waals surface area contributed by atoms with Crippen LogP contribution in [-0.4, -0.2) is 11.9 Å². The lowest BCUT2D eigenvalue weighted by molar-refractivity contribution is 0.285. The molecular weight excluding hydrogens is 288 g/mol. The highest BCUT2D eigenvalue weighted by atomic mass is 79.9. The fourth-order valence-corrected chi connectivity index (χ4v) is 3.74. The Morgan fingerprint density at radius 1 is 1.28 bits per heavy atom. The molecule has 1 fully saturated rings. The highest BCUT2D eigenvalue weighted by molar-refractivity contribution is 9.09. The maximum atomic E-state index is 5.28. The van der Waals surface area contributed by atoms with Gasteiger partial charge in [-0.3, -0.25) is 0 Å². The Labute approximate surface area is 119 Å². The highest BCUT2D eigenvalue weighted by Gasteiger charge is 2.24. The van der Waals surface area contributed by atoms with Crippen LogP contribution in [0.5, 0.6) is 5.75 Å². The van der Waals surface area contributed by atoms with Crippen molar-refractivity contribution in [2.45, 2.75) is 43.9 Å². The van der Waals surface area contributed by atoms with Gasteiger partial charge < -0.3 is 4.74 Å². The average molecular weight is 311 g/mol. The van der Waals surface area contributed by atoms with E-state index in [2.05, 4.69) is 41.1 Å². The summed E-state index contributed by atoms with van der Waals surface area (Å²) in [5, 5.41) is 0. The van der Waals surface area contributed by atoms with E-state index in [1.165, 1.54) is 31.2 Å². The van der Waals surface area contributed by atoms with Crippen LogP contribution in [0.25, 0.3) is 0 Å². The first kappa shape index (κ1) is 13.9. The lowest BCUT2D eigenvalue weighted by Crippen LogP contribution is -2.22. The number of hydrogen-bond donors (Lipinski definition) is 0. The van der Waals surface area contributed by atoms with Gasteiger partial charge in [-0.1, -0.05) is 47.8 Å². The third-order valence-electron chi connectivity index (χ3n) is 4.14. The fourth-order valence-electron chi connectivity index (χ4n) is 2.84. The zero-order valence-electron chi connectivity index (χ0n) is 11.4. The van der Waals surface area contributed by atoms with Crippen LogP contribution in [0.4, 0.5) is 0 Å². The van der Waals surface area contributed by atoms with Crippen molar-refractivity contribution < 1.29 is 4.74 Å². The van der Waals surface area contributed by atoms with Gasteiger partial charge >= 0.3 is 0 Å². The summed E-state index contributed by atoms with van der Waals surface area (Å²) in [5.41, 5.74) is 1.37. The molecule has 0 amide bonds. The molecule has 0 aliphatic heterocycles. The van der Waals surface area contributed by atoms with E-state index < -0.39 is 0 Å². The smallest absolute Gasteiger partial charge is 0.119 e. The number of rotatable bonds is 4. The third-order valence-corrected chi connectivity index (χ3v) is 5.21. The molecule has 1 aliphatic carbocycles. The molecule has 1 atom stereocenters. The summed E-state index contributed by atoms with van der Waals surface area (Å²) in [6.45, 7) is 2.38. The van der Waals surface area contributed by atoms with E-state index in [4.69, 9.17) is 4.74 Å². The molecule has 0 N–H and O–H groups in total. The van der Waals surface area contributed by atoms with Crippen LogP contribution in [-0.2, 0) is 6.42 Å². The predicted molar refractivity (Wildman–Crippen MR) is 80.5 cm³/mol. The van der Waals surface area contributed by atoms with Crippen LogP contribution in [0.15, 0.2) is 24.3 Å². The van der Waals surface area contributed by atoms with Crippen LogP contribution in [0.1, 0.15) is 38.2 Å². The van der Waals surface area contributed by atoms with E-state index in [0.29, 0.717) is 4.83 Å². The Balaban J connectivity index is 1.91. The molecule has 0 heterocycles. The summed E-state index contributed by atoms with van der Waals surface area (Å²) < 4.78 is 5.28. The first-order valence-corrected chi connectivity index (χ1v) is 7.87. The van der Waals surface area contributed by atoms with Crippen LogP contribution in [0.3, 0.4) is 0 Å². The van der Waals surface area contributed by atoms with Gasteiger partial charge in [-0.2, -0.15) is 0 Å². The summed E-state index contributed by atoms with van der Waals surface area (Å²) in [5.74, 6) is 2.73. The van der Waals surface area contributed by atoms with Crippen LogP contribution in [0.2, 0.25) is 0 Å². The molecular formula is C16H23BrO. The van der Waals surface area contributed by atoms with E-state index in [1.54, 1.807) is 7.11 Å². The molecule has 0 aromatic heterocycles. The van der Waals surface area contributed by atoms with Gasteiger partial charge in [0.2, 0.25) is 0 Å². The molecule has 1 aliphatic rings. The van der Waals surface area contributed by atoms with Crippen molar-refractivity contribution >= 4 is 15.9 Å². The monoisotopic (exact) mass is 310 g/mol. The molecule has 2 rings (SSSR count). The number of ether oxygens (including phenoxy) is 1.